The summed E-state index contributed by atoms with van der Waals surface area (Å²) in [6, 6.07) is 17.6. The van der Waals surface area contributed by atoms with E-state index < -0.39 is 18.2 Å². The van der Waals surface area contributed by atoms with E-state index in [9.17, 15) is 9.59 Å². The van der Waals surface area contributed by atoms with Crippen LogP contribution in [-0.2, 0) is 16.2 Å². The highest BCUT2D eigenvalue weighted by atomic mass is 79.9. The zero-order valence-electron chi connectivity index (χ0n) is 18.0. The second-order valence-corrected chi connectivity index (χ2v) is 8.58. The van der Waals surface area contributed by atoms with Gasteiger partial charge in [-0.3, -0.25) is 9.59 Å². The van der Waals surface area contributed by atoms with Gasteiger partial charge >= 0.3 is 0 Å². The van der Waals surface area contributed by atoms with Crippen LogP contribution in [0, 0.1) is 0 Å². The molecule has 0 fully saturated rings. The van der Waals surface area contributed by atoms with E-state index in [-0.39, 0.29) is 6.61 Å². The van der Waals surface area contributed by atoms with Crippen molar-refractivity contribution in [3.8, 4) is 11.5 Å². The molecule has 2 amide bonds. The van der Waals surface area contributed by atoms with Crippen molar-refractivity contribution in [2.45, 2.75) is 13.0 Å². The number of carbonyl (C=O) groups excluding carboxylic acids is 2. The molecular weight excluding hydrogens is 545 g/mol. The van der Waals surface area contributed by atoms with Crippen molar-refractivity contribution in [2.24, 2.45) is 5.10 Å². The molecule has 3 rings (SSSR count). The summed E-state index contributed by atoms with van der Waals surface area (Å²) < 4.78 is 12.0. The molecule has 34 heavy (non-hydrogen) atoms. The first-order chi connectivity index (χ1) is 16.4. The van der Waals surface area contributed by atoms with Gasteiger partial charge < -0.3 is 14.8 Å². The highest BCUT2D eigenvalue weighted by Crippen LogP contribution is 2.37. The molecule has 0 aliphatic rings. The average Bonchev–Trinajstić information content (AvgIpc) is 2.80. The van der Waals surface area contributed by atoms with Crippen molar-refractivity contribution < 1.29 is 19.1 Å². The van der Waals surface area contributed by atoms with Crippen molar-refractivity contribution in [2.75, 3.05) is 12.4 Å². The molecule has 7 nitrogen and oxygen atoms in total. The van der Waals surface area contributed by atoms with Crippen LogP contribution in [0.2, 0.25) is 10.0 Å². The van der Waals surface area contributed by atoms with Gasteiger partial charge in [0, 0.05) is 10.6 Å². The Labute approximate surface area is 215 Å². The normalized spacial score (nSPS) is 10.7. The summed E-state index contributed by atoms with van der Waals surface area (Å²) in [7, 11) is 1.52. The third-order valence-electron chi connectivity index (χ3n) is 4.45. The second kappa shape index (κ2) is 12.4. The van der Waals surface area contributed by atoms with E-state index in [0.29, 0.717) is 37.3 Å². The molecule has 0 atom stereocenters. The lowest BCUT2D eigenvalue weighted by molar-refractivity contribution is -0.126. The van der Waals surface area contributed by atoms with Crippen LogP contribution in [0.3, 0.4) is 0 Å². The number of nitrogens with one attached hydrogen (secondary N) is 2. The van der Waals surface area contributed by atoms with Gasteiger partial charge in [-0.15, -0.1) is 0 Å². The number of hydrogen-bond donors (Lipinski definition) is 2. The van der Waals surface area contributed by atoms with Gasteiger partial charge in [0.1, 0.15) is 13.0 Å². The molecule has 0 radical (unpaired) electrons. The number of hydrogen-bond acceptors (Lipinski definition) is 5. The third kappa shape index (κ3) is 7.21. The Hall–Kier alpha value is -3.07. The summed E-state index contributed by atoms with van der Waals surface area (Å²) in [6.45, 7) is 0.258. The number of halogens is 3. The fraction of sp³-hybridized carbons (Fsp3) is 0.125. The molecule has 0 bridgehead atoms. The zero-order chi connectivity index (χ0) is 24.5. The number of carbonyl (C=O) groups is 2. The van der Waals surface area contributed by atoms with Crippen molar-refractivity contribution in [1.82, 2.24) is 5.43 Å². The molecule has 0 aromatic heterocycles. The van der Waals surface area contributed by atoms with Gasteiger partial charge in [0.2, 0.25) is 11.8 Å². The monoisotopic (exact) mass is 563 g/mol. The van der Waals surface area contributed by atoms with Crippen LogP contribution in [0.1, 0.15) is 17.5 Å². The Morgan fingerprint density at radius 3 is 2.44 bits per heavy atom. The number of amides is 2. The van der Waals surface area contributed by atoms with Gasteiger partial charge in [-0.25, -0.2) is 5.43 Å². The van der Waals surface area contributed by atoms with E-state index in [0.717, 1.165) is 5.56 Å². The summed E-state index contributed by atoms with van der Waals surface area (Å²) in [5.74, 6) is -0.120. The molecule has 0 aliphatic carbocycles. The minimum absolute atomic E-state index is 0.258. The number of ether oxygens (including phenoxy) is 2. The number of anilines is 1. The summed E-state index contributed by atoms with van der Waals surface area (Å²) in [6.07, 6.45) is 1.01. The number of nitrogens with zero attached hydrogens (tertiary/aromatic N) is 1. The number of rotatable bonds is 9. The molecule has 0 aliphatic heterocycles. The minimum Gasteiger partial charge on any atom is -0.493 e. The molecule has 3 aromatic rings. The first-order valence-corrected chi connectivity index (χ1v) is 11.5. The third-order valence-corrected chi connectivity index (χ3v) is 5.74. The maximum Gasteiger partial charge on any atom is 0.249 e. The minimum atomic E-state index is -0.577. The zero-order valence-corrected chi connectivity index (χ0v) is 21.1. The maximum atomic E-state index is 12.0. The van der Waals surface area contributed by atoms with Crippen molar-refractivity contribution >= 4 is 62.8 Å². The average molecular weight is 565 g/mol. The highest BCUT2D eigenvalue weighted by Gasteiger charge is 2.13. The molecule has 0 saturated heterocycles. The van der Waals surface area contributed by atoms with Crippen LogP contribution in [0.4, 0.5) is 5.69 Å². The second-order valence-electron chi connectivity index (χ2n) is 6.91. The van der Waals surface area contributed by atoms with Crippen LogP contribution in [0.25, 0.3) is 0 Å². The molecule has 2 N–H and O–H groups in total. The Kier molecular flexibility index (Phi) is 9.33. The van der Waals surface area contributed by atoms with Gasteiger partial charge in [-0.05, 0) is 51.8 Å². The topological polar surface area (TPSA) is 89.0 Å². The summed E-state index contributed by atoms with van der Waals surface area (Å²) >= 11 is 15.7. The maximum absolute atomic E-state index is 12.0. The molecule has 0 saturated carbocycles. The Morgan fingerprint density at radius 1 is 1.03 bits per heavy atom. The summed E-state index contributed by atoms with van der Waals surface area (Å²) in [5, 5.41) is 7.47. The SMILES string of the molecule is COc1cc(C=NNC(=O)CC(=O)Nc2ccccc2Cl)cc(Br)c1OCc1ccccc1Cl. The predicted molar refractivity (Wildman–Crippen MR) is 137 cm³/mol. The van der Waals surface area contributed by atoms with E-state index in [1.54, 1.807) is 42.5 Å². The van der Waals surface area contributed by atoms with E-state index in [4.69, 9.17) is 32.7 Å². The summed E-state index contributed by atoms with van der Waals surface area (Å²) in [5.41, 5.74) is 4.22. The molecule has 10 heteroatoms. The number of hydrazone groups is 1. The van der Waals surface area contributed by atoms with Gasteiger partial charge in [0.15, 0.2) is 11.5 Å². The standard InChI is InChI=1S/C24H20BrCl2N3O4/c1-33-21-11-15(10-17(25)24(21)34-14-16-6-2-3-7-18(16)26)13-28-30-23(32)12-22(31)29-20-9-5-4-8-19(20)27/h2-11,13H,12,14H2,1H3,(H,29,31)(H,30,32). The van der Waals surface area contributed by atoms with Crippen LogP contribution < -0.4 is 20.2 Å². The fourth-order valence-corrected chi connectivity index (χ4v) is 3.79. The van der Waals surface area contributed by atoms with Crippen molar-refractivity contribution in [3.05, 3.63) is 86.3 Å². The lowest BCUT2D eigenvalue weighted by Crippen LogP contribution is -2.24. The largest absolute Gasteiger partial charge is 0.493 e. The van der Waals surface area contributed by atoms with Crippen LogP contribution in [-0.4, -0.2) is 25.1 Å². The van der Waals surface area contributed by atoms with Crippen LogP contribution in [0.15, 0.2) is 70.2 Å². The number of benzene rings is 3. The molecule has 0 heterocycles. The van der Waals surface area contributed by atoms with E-state index >= 15 is 0 Å². The summed E-state index contributed by atoms with van der Waals surface area (Å²) in [4.78, 5) is 24.1. The van der Waals surface area contributed by atoms with Gasteiger partial charge in [-0.1, -0.05) is 53.5 Å². The quantitative estimate of drug-likeness (QED) is 0.195. The molecular formula is C24H20BrCl2N3O4. The molecule has 3 aromatic carbocycles. The van der Waals surface area contributed by atoms with E-state index in [2.05, 4.69) is 31.8 Å². The number of para-hydroxylation sites is 1. The Bertz CT molecular complexity index is 1220. The van der Waals surface area contributed by atoms with Crippen LogP contribution in [0.5, 0.6) is 11.5 Å². The first kappa shape index (κ1) is 25.6. The first-order valence-electron chi connectivity index (χ1n) is 9.97. The molecule has 176 valence electrons. The van der Waals surface area contributed by atoms with Gasteiger partial charge in [0.05, 0.1) is 28.5 Å². The van der Waals surface area contributed by atoms with Gasteiger partial charge in [-0.2, -0.15) is 5.10 Å². The molecule has 0 unspecified atom stereocenters. The smallest absolute Gasteiger partial charge is 0.249 e. The number of methoxy groups -OCH3 is 1. The van der Waals surface area contributed by atoms with Crippen molar-refractivity contribution in [3.63, 3.8) is 0 Å². The van der Waals surface area contributed by atoms with Gasteiger partial charge in [0.25, 0.3) is 0 Å². The molecule has 0 spiro atoms. The fourth-order valence-electron chi connectivity index (χ4n) is 2.84. The lowest BCUT2D eigenvalue weighted by Gasteiger charge is -2.14. The van der Waals surface area contributed by atoms with Crippen molar-refractivity contribution in [1.29, 1.82) is 0 Å². The highest BCUT2D eigenvalue weighted by molar-refractivity contribution is 9.10. The Morgan fingerprint density at radius 2 is 1.74 bits per heavy atom. The lowest BCUT2D eigenvalue weighted by atomic mass is 10.2. The van der Waals surface area contributed by atoms with Crippen LogP contribution >= 0.6 is 39.1 Å². The predicted octanol–water partition coefficient (Wildman–Crippen LogP) is 5.82. The Balaban J connectivity index is 1.58. The van der Waals surface area contributed by atoms with E-state index in [1.807, 2.05) is 18.2 Å². The van der Waals surface area contributed by atoms with E-state index in [1.165, 1.54) is 13.3 Å².